The van der Waals surface area contributed by atoms with Crippen LogP contribution in [0.25, 0.3) is 0 Å². The molecule has 1 N–H and O–H groups in total. The molecule has 0 aliphatic carbocycles. The van der Waals surface area contributed by atoms with E-state index in [9.17, 15) is 8.42 Å². The van der Waals surface area contributed by atoms with Crippen molar-refractivity contribution in [2.75, 3.05) is 16.2 Å². The number of aryl methyl sites for hydroxylation is 2. The van der Waals surface area contributed by atoms with E-state index in [0.29, 0.717) is 17.4 Å². The maximum Gasteiger partial charge on any atom is 0.267 e. The second-order valence-electron chi connectivity index (χ2n) is 6.42. The molecule has 1 unspecified atom stereocenters. The van der Waals surface area contributed by atoms with Crippen molar-refractivity contribution in [2.24, 2.45) is 0 Å². The zero-order valence-electron chi connectivity index (χ0n) is 14.8. The Bertz CT molecular complexity index is 811. The number of pyridine rings is 1. The highest BCUT2D eigenvalue weighted by molar-refractivity contribution is 7.92. The third-order valence-electron chi connectivity index (χ3n) is 4.63. The molecule has 1 atom stereocenters. The third-order valence-corrected chi connectivity index (χ3v) is 6.25. The molecule has 136 valence electrons. The second kappa shape index (κ2) is 7.03. The molecule has 0 bridgehead atoms. The van der Waals surface area contributed by atoms with Crippen LogP contribution in [0.5, 0.6) is 0 Å². The van der Waals surface area contributed by atoms with E-state index in [-0.39, 0.29) is 10.7 Å². The van der Waals surface area contributed by atoms with Gasteiger partial charge in [0, 0.05) is 12.6 Å². The summed E-state index contributed by atoms with van der Waals surface area (Å²) < 4.78 is 32.6. The van der Waals surface area contributed by atoms with Gasteiger partial charge in [0.15, 0.2) is 10.7 Å². The van der Waals surface area contributed by atoms with E-state index < -0.39 is 10.0 Å². The smallest absolute Gasteiger partial charge is 0.267 e. The summed E-state index contributed by atoms with van der Waals surface area (Å²) in [4.78, 5) is 6.87. The van der Waals surface area contributed by atoms with Gasteiger partial charge in [-0.25, -0.2) is 13.4 Å². The van der Waals surface area contributed by atoms with Gasteiger partial charge < -0.3 is 9.42 Å². The number of hydrogen-bond acceptors (Lipinski definition) is 6. The molecule has 1 aliphatic heterocycles. The van der Waals surface area contributed by atoms with Crippen LogP contribution in [0.15, 0.2) is 27.7 Å². The fourth-order valence-electron chi connectivity index (χ4n) is 3.41. The second-order valence-corrected chi connectivity index (χ2v) is 8.03. The number of nitrogens with one attached hydrogen (secondary N) is 1. The summed E-state index contributed by atoms with van der Waals surface area (Å²) in [7, 11) is -3.74. The predicted molar refractivity (Wildman–Crippen MR) is 96.3 cm³/mol. The van der Waals surface area contributed by atoms with Crippen molar-refractivity contribution < 1.29 is 12.9 Å². The van der Waals surface area contributed by atoms with Crippen molar-refractivity contribution in [1.82, 2.24) is 10.1 Å². The third kappa shape index (κ3) is 3.63. The topological polar surface area (TPSA) is 88.3 Å². The van der Waals surface area contributed by atoms with Crippen LogP contribution in [-0.4, -0.2) is 31.1 Å². The molecular weight excluding hydrogens is 340 g/mol. The van der Waals surface area contributed by atoms with Crippen LogP contribution in [0, 0.1) is 13.8 Å². The lowest BCUT2D eigenvalue weighted by Crippen LogP contribution is -2.39. The number of aromatic nitrogens is 2. The first kappa shape index (κ1) is 17.7. The molecule has 2 aromatic heterocycles. The number of sulfonamides is 1. The number of rotatable bonds is 5. The highest BCUT2D eigenvalue weighted by Gasteiger charge is 2.25. The Labute approximate surface area is 148 Å². The van der Waals surface area contributed by atoms with Crippen molar-refractivity contribution in [2.45, 2.75) is 57.4 Å². The average molecular weight is 364 g/mol. The van der Waals surface area contributed by atoms with Gasteiger partial charge in [-0.1, -0.05) is 12.1 Å². The SMILES string of the molecule is CCC1CCCCN1c1ccc(NS(=O)(=O)c2c(C)noc2C)cn1. The molecular formula is C17H24N4O3S. The lowest BCUT2D eigenvalue weighted by molar-refractivity contribution is 0.390. The molecule has 3 rings (SSSR count). The van der Waals surface area contributed by atoms with Gasteiger partial charge in [-0.05, 0) is 51.7 Å². The molecule has 0 aromatic carbocycles. The molecule has 0 saturated carbocycles. The molecule has 8 heteroatoms. The van der Waals surface area contributed by atoms with Crippen molar-refractivity contribution in [3.63, 3.8) is 0 Å². The molecule has 1 fully saturated rings. The van der Waals surface area contributed by atoms with Gasteiger partial charge in [-0.2, -0.15) is 0 Å². The van der Waals surface area contributed by atoms with Crippen molar-refractivity contribution in [3.05, 3.63) is 29.8 Å². The summed E-state index contributed by atoms with van der Waals surface area (Å²) in [6, 6.07) is 4.13. The Kier molecular flexibility index (Phi) is 4.99. The Hall–Kier alpha value is -2.09. The van der Waals surface area contributed by atoms with Crippen molar-refractivity contribution in [3.8, 4) is 0 Å². The van der Waals surface area contributed by atoms with E-state index in [1.807, 2.05) is 6.07 Å². The maximum absolute atomic E-state index is 12.5. The normalized spacial score (nSPS) is 18.4. The molecule has 1 saturated heterocycles. The van der Waals surface area contributed by atoms with E-state index >= 15 is 0 Å². The van der Waals surface area contributed by atoms with Gasteiger partial charge in [0.1, 0.15) is 11.5 Å². The summed E-state index contributed by atoms with van der Waals surface area (Å²) in [5.41, 5.74) is 0.766. The number of hydrogen-bond donors (Lipinski definition) is 1. The summed E-state index contributed by atoms with van der Waals surface area (Å²) in [6.07, 6.45) is 6.25. The van der Waals surface area contributed by atoms with Crippen LogP contribution in [-0.2, 0) is 10.0 Å². The van der Waals surface area contributed by atoms with Gasteiger partial charge in [-0.3, -0.25) is 4.72 Å². The molecule has 25 heavy (non-hydrogen) atoms. The summed E-state index contributed by atoms with van der Waals surface area (Å²) in [6.45, 7) is 6.37. The van der Waals surface area contributed by atoms with Crippen LogP contribution in [0.1, 0.15) is 44.1 Å². The Balaban J connectivity index is 1.79. The standard InChI is InChI=1S/C17H24N4O3S/c1-4-15-7-5-6-10-21(15)16-9-8-14(11-18-16)20-25(22,23)17-12(2)19-24-13(17)3/h8-9,11,15,20H,4-7,10H2,1-3H3. The lowest BCUT2D eigenvalue weighted by atomic mass is 10.00. The number of nitrogens with zero attached hydrogens (tertiary/aromatic N) is 3. The van der Waals surface area contributed by atoms with Gasteiger partial charge >= 0.3 is 0 Å². The van der Waals surface area contributed by atoms with Gasteiger partial charge in [0.05, 0.1) is 11.9 Å². The largest absolute Gasteiger partial charge is 0.360 e. The number of anilines is 2. The first-order valence-electron chi connectivity index (χ1n) is 8.60. The molecule has 0 radical (unpaired) electrons. The quantitative estimate of drug-likeness (QED) is 0.876. The van der Waals surface area contributed by atoms with Crippen LogP contribution < -0.4 is 9.62 Å². The Morgan fingerprint density at radius 2 is 2.12 bits per heavy atom. The first-order valence-corrected chi connectivity index (χ1v) is 10.1. The predicted octanol–water partition coefficient (Wildman–Crippen LogP) is 3.26. The zero-order valence-corrected chi connectivity index (χ0v) is 15.6. The van der Waals surface area contributed by atoms with Crippen LogP contribution in [0.3, 0.4) is 0 Å². The minimum absolute atomic E-state index is 0.0821. The van der Waals surface area contributed by atoms with E-state index in [1.165, 1.54) is 19.3 Å². The van der Waals surface area contributed by atoms with Crippen molar-refractivity contribution in [1.29, 1.82) is 0 Å². The van der Waals surface area contributed by atoms with Gasteiger partial charge in [-0.15, -0.1) is 0 Å². The average Bonchev–Trinajstić information content (AvgIpc) is 2.94. The highest BCUT2D eigenvalue weighted by Crippen LogP contribution is 2.27. The Morgan fingerprint density at radius 1 is 1.32 bits per heavy atom. The summed E-state index contributed by atoms with van der Waals surface area (Å²) in [5, 5.41) is 3.70. The first-order chi connectivity index (χ1) is 11.9. The van der Waals surface area contributed by atoms with E-state index in [1.54, 1.807) is 26.1 Å². The van der Waals surface area contributed by atoms with E-state index in [4.69, 9.17) is 4.52 Å². The Morgan fingerprint density at radius 3 is 2.72 bits per heavy atom. The fraction of sp³-hybridized carbons (Fsp3) is 0.529. The minimum atomic E-state index is -3.74. The summed E-state index contributed by atoms with van der Waals surface area (Å²) in [5.74, 6) is 1.17. The van der Waals surface area contributed by atoms with Crippen molar-refractivity contribution >= 4 is 21.5 Å². The zero-order chi connectivity index (χ0) is 18.0. The fourth-order valence-corrected chi connectivity index (χ4v) is 4.78. The number of piperidine rings is 1. The maximum atomic E-state index is 12.5. The summed E-state index contributed by atoms with van der Waals surface area (Å²) >= 11 is 0. The minimum Gasteiger partial charge on any atom is -0.360 e. The molecule has 0 spiro atoms. The monoisotopic (exact) mass is 364 g/mol. The molecule has 0 amide bonds. The van der Waals surface area contributed by atoms with Crippen LogP contribution >= 0.6 is 0 Å². The van der Waals surface area contributed by atoms with Crippen LogP contribution in [0.4, 0.5) is 11.5 Å². The van der Waals surface area contributed by atoms with Gasteiger partial charge in [0.25, 0.3) is 10.0 Å². The van der Waals surface area contributed by atoms with E-state index in [0.717, 1.165) is 18.8 Å². The highest BCUT2D eigenvalue weighted by atomic mass is 32.2. The van der Waals surface area contributed by atoms with Gasteiger partial charge in [0.2, 0.25) is 0 Å². The van der Waals surface area contributed by atoms with E-state index in [2.05, 4.69) is 26.7 Å². The molecule has 3 heterocycles. The molecule has 1 aliphatic rings. The molecule has 2 aromatic rings. The lowest BCUT2D eigenvalue weighted by Gasteiger charge is -2.36. The van der Waals surface area contributed by atoms with Crippen LogP contribution in [0.2, 0.25) is 0 Å². The molecule has 7 nitrogen and oxygen atoms in total.